The molecule has 0 spiro atoms. The van der Waals surface area contributed by atoms with Crippen molar-refractivity contribution in [2.75, 3.05) is 7.11 Å². The van der Waals surface area contributed by atoms with E-state index >= 15 is 0 Å². The fraction of sp³-hybridized carbons (Fsp3) is 0.571. The summed E-state index contributed by atoms with van der Waals surface area (Å²) in [6.45, 7) is 6.53. The van der Waals surface area contributed by atoms with E-state index in [4.69, 9.17) is 4.74 Å². The molecule has 1 N–H and O–H groups in total. The molecule has 2 unspecified atom stereocenters. The molecule has 0 bridgehead atoms. The lowest BCUT2D eigenvalue weighted by atomic mass is 9.70. The van der Waals surface area contributed by atoms with E-state index in [0.29, 0.717) is 5.92 Å². The Balaban J connectivity index is 2.08. The second-order valence-electron chi connectivity index (χ2n) is 7.24. The first kappa shape index (κ1) is 17.2. The van der Waals surface area contributed by atoms with E-state index in [9.17, 15) is 4.79 Å². The summed E-state index contributed by atoms with van der Waals surface area (Å²) in [5.41, 5.74) is 2.54. The highest BCUT2D eigenvalue weighted by atomic mass is 16.5. The number of ether oxygens (including phenoxy) is 1. The molecule has 1 aromatic carbocycles. The van der Waals surface area contributed by atoms with Gasteiger partial charge in [-0.25, -0.2) is 4.79 Å². The van der Waals surface area contributed by atoms with Gasteiger partial charge in [-0.3, -0.25) is 5.32 Å². The summed E-state index contributed by atoms with van der Waals surface area (Å²) >= 11 is 0. The minimum Gasteiger partial charge on any atom is -0.467 e. The number of nitrogens with one attached hydrogen (secondary N) is 1. The summed E-state index contributed by atoms with van der Waals surface area (Å²) in [6.07, 6.45) is 7.95. The van der Waals surface area contributed by atoms with E-state index in [2.05, 4.69) is 31.0 Å². The van der Waals surface area contributed by atoms with Crippen molar-refractivity contribution in [1.82, 2.24) is 5.32 Å². The highest BCUT2D eigenvalue weighted by Gasteiger charge is 2.48. The molecule has 0 saturated heterocycles. The van der Waals surface area contributed by atoms with Crippen molar-refractivity contribution in [1.29, 1.82) is 0 Å². The van der Waals surface area contributed by atoms with Crippen molar-refractivity contribution in [3.05, 3.63) is 42.0 Å². The average molecular weight is 327 g/mol. The Bertz CT molecular complexity index is 618. The Morgan fingerprint density at radius 3 is 2.67 bits per heavy atom. The SMILES string of the molecule is C=C1c2ccccc2C(CCC)(C(=O)OC)NC1C1CCCCC1. The second-order valence-corrected chi connectivity index (χ2v) is 7.24. The average Bonchev–Trinajstić information content (AvgIpc) is 2.64. The molecule has 2 aliphatic rings. The quantitative estimate of drug-likeness (QED) is 0.832. The van der Waals surface area contributed by atoms with Crippen molar-refractivity contribution < 1.29 is 9.53 Å². The van der Waals surface area contributed by atoms with E-state index in [1.54, 1.807) is 0 Å². The Morgan fingerprint density at radius 2 is 2.00 bits per heavy atom. The minimum absolute atomic E-state index is 0.158. The standard InChI is InChI=1S/C21H29NO2/c1-4-14-21(20(23)24-3)18-13-9-8-12-17(18)15(2)19(22-21)16-10-6-5-7-11-16/h8-9,12-13,16,19,22H,2,4-7,10-11,14H2,1,3H3. The molecule has 0 amide bonds. The van der Waals surface area contributed by atoms with Gasteiger partial charge in [-0.1, -0.05) is 63.5 Å². The molecule has 1 aromatic rings. The molecule has 130 valence electrons. The molecule has 1 saturated carbocycles. The second kappa shape index (κ2) is 7.10. The van der Waals surface area contributed by atoms with Crippen LogP contribution in [0.5, 0.6) is 0 Å². The summed E-state index contributed by atoms with van der Waals surface area (Å²) in [7, 11) is 1.49. The first-order chi connectivity index (χ1) is 11.6. The van der Waals surface area contributed by atoms with Crippen molar-refractivity contribution in [2.24, 2.45) is 5.92 Å². The Morgan fingerprint density at radius 1 is 1.29 bits per heavy atom. The van der Waals surface area contributed by atoms with Crippen molar-refractivity contribution in [3.63, 3.8) is 0 Å². The van der Waals surface area contributed by atoms with Gasteiger partial charge in [-0.05, 0) is 41.9 Å². The predicted molar refractivity (Wildman–Crippen MR) is 97.6 cm³/mol. The van der Waals surface area contributed by atoms with Gasteiger partial charge in [0.1, 0.15) is 5.54 Å². The third kappa shape index (κ3) is 2.79. The number of carbonyl (C=O) groups excluding carboxylic acids is 1. The Hall–Kier alpha value is -1.61. The van der Waals surface area contributed by atoms with E-state index in [0.717, 1.165) is 29.5 Å². The maximum Gasteiger partial charge on any atom is 0.330 e. The monoisotopic (exact) mass is 327 g/mol. The lowest BCUT2D eigenvalue weighted by Crippen LogP contribution is -2.59. The molecule has 3 rings (SSSR count). The van der Waals surface area contributed by atoms with Crippen LogP contribution in [0.15, 0.2) is 30.8 Å². The molecule has 0 radical (unpaired) electrons. The molecule has 1 aliphatic heterocycles. The zero-order valence-corrected chi connectivity index (χ0v) is 14.9. The van der Waals surface area contributed by atoms with Crippen LogP contribution in [0.3, 0.4) is 0 Å². The first-order valence-corrected chi connectivity index (χ1v) is 9.29. The van der Waals surface area contributed by atoms with Gasteiger partial charge in [-0.2, -0.15) is 0 Å². The highest BCUT2D eigenvalue weighted by molar-refractivity contribution is 5.88. The molecule has 0 aromatic heterocycles. The number of fused-ring (bicyclic) bond motifs is 1. The normalized spacial score (nSPS) is 27.6. The first-order valence-electron chi connectivity index (χ1n) is 9.29. The number of benzene rings is 1. The Labute approximate surface area is 145 Å². The van der Waals surface area contributed by atoms with Crippen LogP contribution in [-0.2, 0) is 15.1 Å². The van der Waals surface area contributed by atoms with E-state index in [-0.39, 0.29) is 12.0 Å². The van der Waals surface area contributed by atoms with Crippen molar-refractivity contribution in [2.45, 2.75) is 63.5 Å². The minimum atomic E-state index is -0.747. The summed E-state index contributed by atoms with van der Waals surface area (Å²) in [5.74, 6) is 0.380. The zero-order valence-electron chi connectivity index (χ0n) is 14.9. The van der Waals surface area contributed by atoms with Gasteiger partial charge in [0, 0.05) is 6.04 Å². The molecule has 1 aliphatic carbocycles. The number of hydrogen-bond donors (Lipinski definition) is 1. The lowest BCUT2D eigenvalue weighted by Gasteiger charge is -2.46. The van der Waals surface area contributed by atoms with Gasteiger partial charge in [0.2, 0.25) is 0 Å². The van der Waals surface area contributed by atoms with E-state index in [1.165, 1.54) is 39.2 Å². The van der Waals surface area contributed by atoms with Crippen LogP contribution in [0, 0.1) is 5.92 Å². The number of methoxy groups -OCH3 is 1. The van der Waals surface area contributed by atoms with Crippen molar-refractivity contribution >= 4 is 11.5 Å². The maximum atomic E-state index is 12.9. The summed E-state index contributed by atoms with van der Waals surface area (Å²) < 4.78 is 5.24. The van der Waals surface area contributed by atoms with Crippen LogP contribution in [0.2, 0.25) is 0 Å². The van der Waals surface area contributed by atoms with Gasteiger partial charge < -0.3 is 4.74 Å². The predicted octanol–water partition coefficient (Wildman–Crippen LogP) is 4.42. The summed E-state index contributed by atoms with van der Waals surface area (Å²) in [5, 5.41) is 3.72. The van der Waals surface area contributed by atoms with Crippen LogP contribution in [-0.4, -0.2) is 19.1 Å². The molecular formula is C21H29NO2. The molecule has 3 nitrogen and oxygen atoms in total. The third-order valence-electron chi connectivity index (χ3n) is 5.79. The van der Waals surface area contributed by atoms with Crippen LogP contribution in [0.1, 0.15) is 63.0 Å². The molecule has 1 heterocycles. The van der Waals surface area contributed by atoms with Crippen LogP contribution in [0.25, 0.3) is 5.57 Å². The lowest BCUT2D eigenvalue weighted by molar-refractivity contribution is -0.150. The molecule has 2 atom stereocenters. The fourth-order valence-electron chi connectivity index (χ4n) is 4.63. The van der Waals surface area contributed by atoms with Crippen LogP contribution in [0.4, 0.5) is 0 Å². The Kier molecular flexibility index (Phi) is 5.09. The maximum absolute atomic E-state index is 12.9. The van der Waals surface area contributed by atoms with Gasteiger partial charge in [0.25, 0.3) is 0 Å². The molecule has 1 fully saturated rings. The largest absolute Gasteiger partial charge is 0.467 e. The molecule has 3 heteroatoms. The summed E-state index contributed by atoms with van der Waals surface area (Å²) in [4.78, 5) is 12.9. The van der Waals surface area contributed by atoms with Gasteiger partial charge in [0.05, 0.1) is 7.11 Å². The number of esters is 1. The number of carbonyl (C=O) groups is 1. The highest BCUT2D eigenvalue weighted by Crippen LogP contribution is 2.43. The van der Waals surface area contributed by atoms with Gasteiger partial charge in [0.15, 0.2) is 0 Å². The van der Waals surface area contributed by atoms with E-state index < -0.39 is 5.54 Å². The van der Waals surface area contributed by atoms with Crippen LogP contribution >= 0.6 is 0 Å². The topological polar surface area (TPSA) is 38.3 Å². The number of rotatable bonds is 4. The van der Waals surface area contributed by atoms with E-state index in [1.807, 2.05) is 12.1 Å². The molecule has 24 heavy (non-hydrogen) atoms. The zero-order chi connectivity index (χ0) is 17.2. The smallest absolute Gasteiger partial charge is 0.330 e. The van der Waals surface area contributed by atoms with Crippen molar-refractivity contribution in [3.8, 4) is 0 Å². The third-order valence-corrected chi connectivity index (χ3v) is 5.79. The van der Waals surface area contributed by atoms with Gasteiger partial charge in [-0.15, -0.1) is 0 Å². The summed E-state index contributed by atoms with van der Waals surface area (Å²) in [6, 6.07) is 8.37. The van der Waals surface area contributed by atoms with Crippen LogP contribution < -0.4 is 5.32 Å². The fourth-order valence-corrected chi connectivity index (χ4v) is 4.63. The van der Waals surface area contributed by atoms with Gasteiger partial charge >= 0.3 is 5.97 Å². The number of hydrogen-bond acceptors (Lipinski definition) is 3. The molecular weight excluding hydrogens is 298 g/mol.